The third kappa shape index (κ3) is 1.65. The Morgan fingerprint density at radius 3 is 2.75 bits per heavy atom. The maximum atomic E-state index is 11.0. The van der Waals surface area contributed by atoms with Crippen molar-refractivity contribution in [3.05, 3.63) is 34.9 Å². The zero-order chi connectivity index (χ0) is 11.9. The topological polar surface area (TPSA) is 83.6 Å². The molecule has 1 aromatic carbocycles. The average Bonchev–Trinajstić information content (AvgIpc) is 2.56. The molecule has 3 N–H and O–H groups in total. The van der Waals surface area contributed by atoms with E-state index in [0.29, 0.717) is 12.1 Å². The molecule has 1 unspecified atom stereocenters. The zero-order valence-electron chi connectivity index (χ0n) is 8.18. The zero-order valence-corrected chi connectivity index (χ0v) is 9.77. The monoisotopic (exact) mass is 284 g/mol. The van der Waals surface area contributed by atoms with Crippen LogP contribution in [0.4, 0.5) is 4.79 Å². The van der Waals surface area contributed by atoms with Gasteiger partial charge < -0.3 is 10.8 Å². The van der Waals surface area contributed by atoms with Gasteiger partial charge in [0.05, 0.1) is 6.54 Å². The number of hydrogen-bond donors (Lipinski definition) is 2. The second-order valence-corrected chi connectivity index (χ2v) is 4.39. The van der Waals surface area contributed by atoms with E-state index < -0.39 is 17.0 Å². The van der Waals surface area contributed by atoms with Crippen LogP contribution in [0, 0.1) is 0 Å². The summed E-state index contributed by atoms with van der Waals surface area (Å²) >= 11 is 3.28. The highest BCUT2D eigenvalue weighted by atomic mass is 79.9. The van der Waals surface area contributed by atoms with Crippen LogP contribution in [0.1, 0.15) is 26.4 Å². The molecule has 0 aromatic heterocycles. The van der Waals surface area contributed by atoms with Crippen molar-refractivity contribution in [3.63, 3.8) is 0 Å². The van der Waals surface area contributed by atoms with Gasteiger partial charge in [-0.05, 0) is 23.3 Å². The standard InChI is InChI=1S/C10H9BrN2O3/c11-8-7-3-5(9(12)14)1-2-6(7)4-13(8)10(15)16/h1-3,8H,4H2,(H2,12,14)(H,15,16). The van der Waals surface area contributed by atoms with E-state index >= 15 is 0 Å². The van der Waals surface area contributed by atoms with Crippen LogP contribution in [-0.4, -0.2) is 22.0 Å². The van der Waals surface area contributed by atoms with Gasteiger partial charge in [-0.1, -0.05) is 22.0 Å². The summed E-state index contributed by atoms with van der Waals surface area (Å²) in [6, 6.07) is 4.96. The van der Waals surface area contributed by atoms with Gasteiger partial charge in [0.2, 0.25) is 5.91 Å². The molecule has 1 heterocycles. The van der Waals surface area contributed by atoms with Crippen LogP contribution in [-0.2, 0) is 6.54 Å². The Morgan fingerprint density at radius 2 is 2.19 bits per heavy atom. The second kappa shape index (κ2) is 3.79. The molecule has 16 heavy (non-hydrogen) atoms. The molecule has 0 saturated carbocycles. The summed E-state index contributed by atoms with van der Waals surface area (Å²) in [6.45, 7) is 0.319. The molecule has 1 aliphatic rings. The van der Waals surface area contributed by atoms with Gasteiger partial charge in [-0.15, -0.1) is 0 Å². The maximum Gasteiger partial charge on any atom is 0.408 e. The molecule has 1 aliphatic heterocycles. The summed E-state index contributed by atoms with van der Waals surface area (Å²) in [5.41, 5.74) is 7.21. The van der Waals surface area contributed by atoms with Crippen molar-refractivity contribution < 1.29 is 14.7 Å². The summed E-state index contributed by atoms with van der Waals surface area (Å²) in [5.74, 6) is -0.517. The molecule has 0 spiro atoms. The average molecular weight is 285 g/mol. The quantitative estimate of drug-likeness (QED) is 0.608. The maximum absolute atomic E-state index is 11.0. The highest BCUT2D eigenvalue weighted by Crippen LogP contribution is 2.38. The van der Waals surface area contributed by atoms with Gasteiger partial charge in [-0.3, -0.25) is 9.69 Å². The smallest absolute Gasteiger partial charge is 0.408 e. The van der Waals surface area contributed by atoms with E-state index in [9.17, 15) is 9.59 Å². The van der Waals surface area contributed by atoms with Crippen LogP contribution in [0.5, 0.6) is 0 Å². The first-order valence-electron chi connectivity index (χ1n) is 4.57. The summed E-state index contributed by atoms with van der Waals surface area (Å²) in [4.78, 5) is 22.7. The molecule has 0 fully saturated rings. The summed E-state index contributed by atoms with van der Waals surface area (Å²) in [6.07, 6.45) is -1.00. The molecular formula is C10H9BrN2O3. The summed E-state index contributed by atoms with van der Waals surface area (Å²) in [5, 5.41) is 8.94. The van der Waals surface area contributed by atoms with Crippen LogP contribution in [0.25, 0.3) is 0 Å². The molecular weight excluding hydrogens is 276 g/mol. The largest absolute Gasteiger partial charge is 0.465 e. The number of alkyl halides is 1. The van der Waals surface area contributed by atoms with Gasteiger partial charge >= 0.3 is 6.09 Å². The minimum Gasteiger partial charge on any atom is -0.465 e. The number of amides is 2. The molecule has 0 aliphatic carbocycles. The fourth-order valence-corrected chi connectivity index (χ4v) is 2.46. The Hall–Kier alpha value is -1.56. The Kier molecular flexibility index (Phi) is 2.59. The Morgan fingerprint density at radius 1 is 1.50 bits per heavy atom. The highest BCUT2D eigenvalue weighted by Gasteiger charge is 2.31. The van der Waals surface area contributed by atoms with Crippen molar-refractivity contribution >= 4 is 27.9 Å². The molecule has 1 atom stereocenters. The normalized spacial score (nSPS) is 18.3. The fraction of sp³-hybridized carbons (Fsp3) is 0.200. The van der Waals surface area contributed by atoms with Crippen molar-refractivity contribution in [3.8, 4) is 0 Å². The van der Waals surface area contributed by atoms with Crippen LogP contribution in [0.15, 0.2) is 18.2 Å². The lowest BCUT2D eigenvalue weighted by Crippen LogP contribution is -2.24. The van der Waals surface area contributed by atoms with Gasteiger partial charge in [0.15, 0.2) is 0 Å². The number of rotatable bonds is 1. The predicted molar refractivity (Wildman–Crippen MR) is 60.2 cm³/mol. The molecule has 0 radical (unpaired) electrons. The molecule has 0 bridgehead atoms. The van der Waals surface area contributed by atoms with Crippen molar-refractivity contribution in [2.24, 2.45) is 5.73 Å². The molecule has 6 heteroatoms. The van der Waals surface area contributed by atoms with E-state index in [1.54, 1.807) is 18.2 Å². The lowest BCUT2D eigenvalue weighted by molar-refractivity contribution is 0.1000. The van der Waals surface area contributed by atoms with E-state index in [4.69, 9.17) is 10.8 Å². The molecule has 2 rings (SSSR count). The van der Waals surface area contributed by atoms with Gasteiger partial charge in [0.1, 0.15) is 4.95 Å². The molecule has 1 aromatic rings. The Balaban J connectivity index is 2.41. The van der Waals surface area contributed by atoms with Gasteiger partial charge in [-0.2, -0.15) is 0 Å². The van der Waals surface area contributed by atoms with E-state index in [-0.39, 0.29) is 0 Å². The summed E-state index contributed by atoms with van der Waals surface area (Å²) in [7, 11) is 0. The number of fused-ring (bicyclic) bond motifs is 1. The Bertz CT molecular complexity index is 475. The number of benzene rings is 1. The second-order valence-electron chi connectivity index (χ2n) is 3.52. The van der Waals surface area contributed by atoms with Crippen molar-refractivity contribution in [1.82, 2.24) is 4.90 Å². The number of nitrogens with zero attached hydrogens (tertiary/aromatic N) is 1. The van der Waals surface area contributed by atoms with E-state index in [0.717, 1.165) is 11.1 Å². The molecule has 84 valence electrons. The number of halogens is 1. The SMILES string of the molecule is NC(=O)c1ccc2c(c1)C(Br)N(C(=O)O)C2. The third-order valence-electron chi connectivity index (χ3n) is 2.55. The first-order chi connectivity index (χ1) is 7.50. The number of nitrogens with two attached hydrogens (primary N) is 1. The molecule has 5 nitrogen and oxygen atoms in total. The number of carbonyl (C=O) groups excluding carboxylic acids is 1. The van der Waals surface area contributed by atoms with Crippen molar-refractivity contribution in [2.75, 3.05) is 0 Å². The lowest BCUT2D eigenvalue weighted by Gasteiger charge is -2.15. The minimum atomic E-state index is -1.00. The lowest BCUT2D eigenvalue weighted by atomic mass is 10.1. The van der Waals surface area contributed by atoms with Gasteiger partial charge in [0.25, 0.3) is 0 Å². The van der Waals surface area contributed by atoms with Crippen molar-refractivity contribution in [1.29, 1.82) is 0 Å². The fourth-order valence-electron chi connectivity index (χ4n) is 1.71. The van der Waals surface area contributed by atoms with Crippen LogP contribution in [0.3, 0.4) is 0 Å². The summed E-state index contributed by atoms with van der Waals surface area (Å²) < 4.78 is 0. The third-order valence-corrected chi connectivity index (χ3v) is 3.53. The predicted octanol–water partition coefficient (Wildman–Crippen LogP) is 1.67. The molecule has 0 saturated heterocycles. The van der Waals surface area contributed by atoms with E-state index in [1.165, 1.54) is 4.90 Å². The molecule has 2 amide bonds. The first-order valence-corrected chi connectivity index (χ1v) is 5.48. The van der Waals surface area contributed by atoms with Crippen molar-refractivity contribution in [2.45, 2.75) is 11.5 Å². The number of primary amides is 1. The van der Waals surface area contributed by atoms with Crippen LogP contribution >= 0.6 is 15.9 Å². The number of hydrogen-bond acceptors (Lipinski definition) is 2. The Labute approximate surface area is 100.0 Å². The first kappa shape index (κ1) is 10.9. The van der Waals surface area contributed by atoms with Crippen LogP contribution in [0.2, 0.25) is 0 Å². The van der Waals surface area contributed by atoms with Gasteiger partial charge in [0, 0.05) is 5.56 Å². The number of carbonyl (C=O) groups is 2. The van der Waals surface area contributed by atoms with Crippen LogP contribution < -0.4 is 5.73 Å². The van der Waals surface area contributed by atoms with E-state index in [2.05, 4.69) is 15.9 Å². The number of carboxylic acid groups (broad SMARTS) is 1. The van der Waals surface area contributed by atoms with Gasteiger partial charge in [-0.25, -0.2) is 4.79 Å². The minimum absolute atomic E-state index is 0.319. The van der Waals surface area contributed by atoms with E-state index in [1.807, 2.05) is 0 Å². The highest BCUT2D eigenvalue weighted by molar-refractivity contribution is 9.09.